The van der Waals surface area contributed by atoms with E-state index in [1.165, 1.54) is 20.5 Å². The van der Waals surface area contributed by atoms with Crippen molar-refractivity contribution in [1.82, 2.24) is 14.8 Å². The first-order valence-electron chi connectivity index (χ1n) is 9.32. The standard InChI is InChI=1S/C21H20ClN5O4/c1-11-18(20(29)26-15-9-16(30-2)14(22)8-17(15)31-3)19(12-4-6-13(28)7-5-12)27-21(25-11)23-10-24-27/h4-10,19,28H,1-3H3,(H,26,29)(H,23,24,25)/t19-/m0/s1. The van der Waals surface area contributed by atoms with Gasteiger partial charge in [-0.15, -0.1) is 0 Å². The number of methoxy groups -OCH3 is 2. The zero-order valence-electron chi connectivity index (χ0n) is 17.0. The molecule has 0 aliphatic carbocycles. The Labute approximate surface area is 183 Å². The number of carbonyl (C=O) groups is 1. The smallest absolute Gasteiger partial charge is 0.255 e. The predicted octanol–water partition coefficient (Wildman–Crippen LogP) is 3.58. The quantitative estimate of drug-likeness (QED) is 0.555. The van der Waals surface area contributed by atoms with Crippen LogP contribution in [0.5, 0.6) is 17.2 Å². The number of carbonyl (C=O) groups excluding carboxylic acids is 1. The maximum absolute atomic E-state index is 13.5. The fourth-order valence-corrected chi connectivity index (χ4v) is 3.73. The van der Waals surface area contributed by atoms with Crippen molar-refractivity contribution in [3.63, 3.8) is 0 Å². The third-order valence-corrected chi connectivity index (χ3v) is 5.27. The van der Waals surface area contributed by atoms with Gasteiger partial charge in [0.25, 0.3) is 5.91 Å². The summed E-state index contributed by atoms with van der Waals surface area (Å²) in [6, 6.07) is 9.22. The lowest BCUT2D eigenvalue weighted by Gasteiger charge is -2.29. The van der Waals surface area contributed by atoms with Crippen LogP contribution in [0.1, 0.15) is 18.5 Å². The molecule has 9 nitrogen and oxygen atoms in total. The van der Waals surface area contributed by atoms with Gasteiger partial charge in [0.05, 0.1) is 30.5 Å². The molecule has 0 bridgehead atoms. The Bertz CT molecular complexity index is 1170. The molecule has 31 heavy (non-hydrogen) atoms. The summed E-state index contributed by atoms with van der Waals surface area (Å²) >= 11 is 6.17. The number of phenols is 1. The van der Waals surface area contributed by atoms with Crippen LogP contribution in [0.2, 0.25) is 5.02 Å². The summed E-state index contributed by atoms with van der Waals surface area (Å²) < 4.78 is 12.2. The molecule has 1 atom stereocenters. The van der Waals surface area contributed by atoms with Gasteiger partial charge in [0.15, 0.2) is 0 Å². The summed E-state index contributed by atoms with van der Waals surface area (Å²) in [5, 5.41) is 20.3. The monoisotopic (exact) mass is 441 g/mol. The fourth-order valence-electron chi connectivity index (χ4n) is 3.50. The molecule has 0 fully saturated rings. The first kappa shape index (κ1) is 20.5. The number of phenolic OH excluding ortho intramolecular Hbond substituents is 1. The van der Waals surface area contributed by atoms with E-state index in [0.29, 0.717) is 39.4 Å². The second-order valence-electron chi connectivity index (χ2n) is 6.83. The highest BCUT2D eigenvalue weighted by atomic mass is 35.5. The van der Waals surface area contributed by atoms with Crippen molar-refractivity contribution in [2.75, 3.05) is 24.9 Å². The molecule has 0 spiro atoms. The molecule has 0 saturated carbocycles. The van der Waals surface area contributed by atoms with Crippen LogP contribution in [-0.4, -0.2) is 40.0 Å². The first-order valence-corrected chi connectivity index (χ1v) is 9.69. The number of benzene rings is 2. The molecule has 4 rings (SSSR count). The topological polar surface area (TPSA) is 111 Å². The largest absolute Gasteiger partial charge is 0.508 e. The molecule has 1 aliphatic heterocycles. The molecule has 1 aliphatic rings. The lowest BCUT2D eigenvalue weighted by atomic mass is 9.95. The number of hydrogen-bond donors (Lipinski definition) is 3. The number of amides is 1. The van der Waals surface area contributed by atoms with Gasteiger partial charge in [-0.25, -0.2) is 4.68 Å². The Morgan fingerprint density at radius 2 is 1.90 bits per heavy atom. The SMILES string of the molecule is COc1cc(NC(=O)C2=C(C)Nc3ncnn3[C@H]2c2ccc(O)cc2)c(OC)cc1Cl. The Morgan fingerprint density at radius 1 is 1.19 bits per heavy atom. The molecule has 10 heteroatoms. The van der Waals surface area contributed by atoms with E-state index in [1.807, 2.05) is 0 Å². The average molecular weight is 442 g/mol. The Kier molecular flexibility index (Phi) is 5.43. The minimum Gasteiger partial charge on any atom is -0.508 e. The molecule has 1 amide bonds. The van der Waals surface area contributed by atoms with Crippen LogP contribution in [0.25, 0.3) is 0 Å². The summed E-state index contributed by atoms with van der Waals surface area (Å²) in [5.74, 6) is 1.06. The molecule has 0 saturated heterocycles. The minimum absolute atomic E-state index is 0.126. The predicted molar refractivity (Wildman–Crippen MR) is 116 cm³/mol. The van der Waals surface area contributed by atoms with E-state index in [0.717, 1.165) is 5.56 Å². The van der Waals surface area contributed by atoms with Gasteiger partial charge in [-0.3, -0.25) is 4.79 Å². The number of fused-ring (bicyclic) bond motifs is 1. The number of nitrogens with one attached hydrogen (secondary N) is 2. The Hall–Kier alpha value is -3.72. The zero-order valence-corrected chi connectivity index (χ0v) is 17.8. The van der Waals surface area contributed by atoms with Gasteiger partial charge in [-0.05, 0) is 24.6 Å². The molecule has 1 aromatic heterocycles. The van der Waals surface area contributed by atoms with E-state index < -0.39 is 6.04 Å². The van der Waals surface area contributed by atoms with Crippen molar-refractivity contribution in [3.8, 4) is 17.2 Å². The van der Waals surface area contributed by atoms with Crippen molar-refractivity contribution in [2.24, 2.45) is 0 Å². The Balaban J connectivity index is 1.76. The van der Waals surface area contributed by atoms with Gasteiger partial charge >= 0.3 is 0 Å². The second kappa shape index (κ2) is 8.19. The second-order valence-corrected chi connectivity index (χ2v) is 7.23. The molecule has 160 valence electrons. The number of ether oxygens (including phenoxy) is 2. The summed E-state index contributed by atoms with van der Waals surface area (Å²) in [7, 11) is 2.98. The van der Waals surface area contributed by atoms with E-state index in [9.17, 15) is 9.90 Å². The van der Waals surface area contributed by atoms with Crippen molar-refractivity contribution >= 4 is 29.1 Å². The van der Waals surface area contributed by atoms with E-state index in [4.69, 9.17) is 21.1 Å². The number of aromatic hydroxyl groups is 1. The minimum atomic E-state index is -0.556. The van der Waals surface area contributed by atoms with E-state index in [2.05, 4.69) is 20.7 Å². The van der Waals surface area contributed by atoms with Crippen LogP contribution < -0.4 is 20.1 Å². The number of anilines is 2. The number of hydrogen-bond acceptors (Lipinski definition) is 7. The van der Waals surface area contributed by atoms with E-state index in [-0.39, 0.29) is 11.7 Å². The number of rotatable bonds is 5. The zero-order chi connectivity index (χ0) is 22.1. The third-order valence-electron chi connectivity index (χ3n) is 4.97. The molecule has 0 unspecified atom stereocenters. The van der Waals surface area contributed by atoms with Crippen LogP contribution in [0.3, 0.4) is 0 Å². The van der Waals surface area contributed by atoms with E-state index in [1.54, 1.807) is 48.0 Å². The summed E-state index contributed by atoms with van der Waals surface area (Å²) in [5.41, 5.74) is 2.22. The number of allylic oxidation sites excluding steroid dienone is 1. The molecule has 0 radical (unpaired) electrons. The molecule has 3 N–H and O–H groups in total. The fraction of sp³-hybridized carbons (Fsp3) is 0.190. The summed E-state index contributed by atoms with van der Waals surface area (Å²) in [6.45, 7) is 1.79. The van der Waals surface area contributed by atoms with Gasteiger partial charge in [-0.1, -0.05) is 23.7 Å². The van der Waals surface area contributed by atoms with Crippen molar-refractivity contribution < 1.29 is 19.4 Å². The van der Waals surface area contributed by atoms with Gasteiger partial charge in [0.1, 0.15) is 29.6 Å². The van der Waals surface area contributed by atoms with Gasteiger partial charge in [0, 0.05) is 17.8 Å². The normalized spacial score (nSPS) is 15.2. The lowest BCUT2D eigenvalue weighted by molar-refractivity contribution is -0.113. The number of nitrogens with zero attached hydrogens (tertiary/aromatic N) is 3. The maximum Gasteiger partial charge on any atom is 0.255 e. The highest BCUT2D eigenvalue weighted by Gasteiger charge is 2.33. The average Bonchev–Trinajstić information content (AvgIpc) is 3.22. The van der Waals surface area contributed by atoms with Crippen molar-refractivity contribution in [3.05, 3.63) is 64.6 Å². The van der Waals surface area contributed by atoms with Crippen molar-refractivity contribution in [2.45, 2.75) is 13.0 Å². The molecule has 2 aromatic carbocycles. The summed E-state index contributed by atoms with van der Waals surface area (Å²) in [6.07, 6.45) is 1.41. The number of aromatic nitrogens is 3. The maximum atomic E-state index is 13.5. The van der Waals surface area contributed by atoms with Crippen LogP contribution in [0.4, 0.5) is 11.6 Å². The molecular weight excluding hydrogens is 422 g/mol. The Morgan fingerprint density at radius 3 is 2.58 bits per heavy atom. The highest BCUT2D eigenvalue weighted by molar-refractivity contribution is 6.32. The summed E-state index contributed by atoms with van der Waals surface area (Å²) in [4.78, 5) is 17.7. The van der Waals surface area contributed by atoms with Crippen LogP contribution in [0, 0.1) is 0 Å². The van der Waals surface area contributed by atoms with Gasteiger partial charge in [0.2, 0.25) is 5.95 Å². The van der Waals surface area contributed by atoms with E-state index >= 15 is 0 Å². The lowest BCUT2D eigenvalue weighted by Crippen LogP contribution is -2.31. The molecular formula is C21H20ClN5O4. The van der Waals surface area contributed by atoms with Crippen LogP contribution in [-0.2, 0) is 4.79 Å². The van der Waals surface area contributed by atoms with Gasteiger partial charge in [-0.2, -0.15) is 10.1 Å². The molecule has 3 aromatic rings. The molecule has 2 heterocycles. The van der Waals surface area contributed by atoms with Crippen LogP contribution in [0.15, 0.2) is 54.0 Å². The van der Waals surface area contributed by atoms with Gasteiger partial charge < -0.3 is 25.2 Å². The number of halogens is 1. The van der Waals surface area contributed by atoms with Crippen molar-refractivity contribution in [1.29, 1.82) is 0 Å². The highest BCUT2D eigenvalue weighted by Crippen LogP contribution is 2.39. The van der Waals surface area contributed by atoms with Crippen LogP contribution >= 0.6 is 11.6 Å². The third kappa shape index (κ3) is 3.75. The first-order chi connectivity index (χ1) is 14.9.